The van der Waals surface area contributed by atoms with E-state index < -0.39 is 94.1 Å². The third-order valence-electron chi connectivity index (χ3n) is 12.3. The van der Waals surface area contributed by atoms with Crippen molar-refractivity contribution >= 4 is 21.6 Å². The molecular weight excluding hydrogens is 800 g/mol. The van der Waals surface area contributed by atoms with Gasteiger partial charge in [-0.2, -0.15) is 5.84 Å². The summed E-state index contributed by atoms with van der Waals surface area (Å²) in [6, 6.07) is 4.12. The molecule has 0 radical (unpaired) electrons. The second-order valence-electron chi connectivity index (χ2n) is 17.2. The van der Waals surface area contributed by atoms with Crippen molar-refractivity contribution in [3.05, 3.63) is 64.7 Å². The average molecular weight is 868 g/mol. The summed E-state index contributed by atoms with van der Waals surface area (Å²) in [4.78, 5) is 29.8. The maximum absolute atomic E-state index is 14.2. The van der Waals surface area contributed by atoms with Crippen molar-refractivity contribution in [2.24, 2.45) is 17.7 Å². The maximum Gasteiger partial charge on any atom is 0.316 e. The molecule has 1 aromatic rings. The van der Waals surface area contributed by atoms with Crippen LogP contribution in [0.1, 0.15) is 92.7 Å². The number of carbonyl (C=O) groups is 2. The number of rotatable bonds is 15. The van der Waals surface area contributed by atoms with Crippen LogP contribution in [0.4, 0.5) is 4.39 Å². The fraction of sp³-hybridized carbons (Fsp3) is 0.674. The smallest absolute Gasteiger partial charge is 0.316 e. The Kier molecular flexibility index (Phi) is 16.7. The number of quaternary nitrogens is 1. The summed E-state index contributed by atoms with van der Waals surface area (Å²) in [5, 5.41) is 25.7. The molecule has 1 saturated heterocycles. The molecule has 1 aromatic carbocycles. The normalized spacial score (nSPS) is 34.5. The van der Waals surface area contributed by atoms with E-state index in [9.17, 15) is 32.6 Å². The highest BCUT2D eigenvalue weighted by atomic mass is 32.2. The second-order valence-corrected chi connectivity index (χ2v) is 19.2. The van der Waals surface area contributed by atoms with Gasteiger partial charge in [-0.15, -0.1) is 0 Å². The largest absolute Gasteiger partial charge is 0.479 e. The summed E-state index contributed by atoms with van der Waals surface area (Å²) < 4.78 is 69.5. The number of cyclic esters (lactones) is 1. The van der Waals surface area contributed by atoms with Crippen LogP contribution >= 0.6 is 0 Å². The van der Waals surface area contributed by atoms with Gasteiger partial charge in [-0.05, 0) is 96.4 Å². The first kappa shape index (κ1) is 49.4. The van der Waals surface area contributed by atoms with Gasteiger partial charge < -0.3 is 39.2 Å². The van der Waals surface area contributed by atoms with Crippen molar-refractivity contribution in [1.82, 2.24) is 10.2 Å². The van der Waals surface area contributed by atoms with Gasteiger partial charge in [0, 0.05) is 44.7 Å². The number of ketones is 1. The SMILES string of the molecule is CC[C@H]1OC(=O)[C@H](C)C(=O)[C@H](C)[C@@H](O[C@@H]2O[C@H](C)C[C@H](N(C)CC/C(=C/N[C@H](CF)[C@H](O)c3ccc(S(C)(=O)=O)cc3)[NH2+]N)[C@H]2O)[C@](C)(OC)C/C(C)=C2\O[C@@]1(C)C=C2C. The predicted molar refractivity (Wildman–Crippen MR) is 222 cm³/mol. The number of carbonyl (C=O) groups excluding carboxylic acids is 2. The molecule has 0 saturated carbocycles. The van der Waals surface area contributed by atoms with Crippen LogP contribution in [0, 0.1) is 11.8 Å². The van der Waals surface area contributed by atoms with Crippen LogP contribution in [-0.2, 0) is 43.1 Å². The number of hydrogen-bond donors (Lipinski definition) is 5. The van der Waals surface area contributed by atoms with Crippen LogP contribution in [0.15, 0.2) is 64.0 Å². The summed E-state index contributed by atoms with van der Waals surface area (Å²) in [6.45, 7) is 14.1. The van der Waals surface area contributed by atoms with E-state index in [2.05, 4.69) is 5.32 Å². The number of nitrogens with one attached hydrogen (secondary N) is 1. The Morgan fingerprint density at radius 1 is 1.18 bits per heavy atom. The predicted octanol–water partition coefficient (Wildman–Crippen LogP) is 2.88. The van der Waals surface area contributed by atoms with Crippen LogP contribution in [0.5, 0.6) is 0 Å². The fourth-order valence-corrected chi connectivity index (χ4v) is 9.21. The highest BCUT2D eigenvalue weighted by Crippen LogP contribution is 2.42. The van der Waals surface area contributed by atoms with Crippen LogP contribution in [0.3, 0.4) is 0 Å². The molecule has 12 atom stereocenters. The van der Waals surface area contributed by atoms with Gasteiger partial charge in [-0.1, -0.05) is 26.0 Å². The molecule has 2 bridgehead atoms. The number of nitrogens with zero attached hydrogens (tertiary/aromatic N) is 1. The molecule has 60 heavy (non-hydrogen) atoms. The van der Waals surface area contributed by atoms with E-state index in [1.807, 2.05) is 59.6 Å². The minimum atomic E-state index is -3.44. The Labute approximate surface area is 354 Å². The zero-order valence-corrected chi connectivity index (χ0v) is 37.8. The molecule has 0 aromatic heterocycles. The monoisotopic (exact) mass is 867 g/mol. The number of alkyl halides is 1. The molecule has 0 spiro atoms. The third-order valence-corrected chi connectivity index (χ3v) is 13.4. The summed E-state index contributed by atoms with van der Waals surface area (Å²) in [6.07, 6.45) is 0.515. The topological polar surface area (TPSA) is 213 Å². The molecule has 0 aliphatic carbocycles. The van der Waals surface area contributed by atoms with Crippen molar-refractivity contribution in [2.75, 3.05) is 33.6 Å². The lowest BCUT2D eigenvalue weighted by Crippen LogP contribution is -2.89. The van der Waals surface area contributed by atoms with Gasteiger partial charge in [0.1, 0.15) is 42.4 Å². The van der Waals surface area contributed by atoms with Crippen LogP contribution in [0.25, 0.3) is 0 Å². The van der Waals surface area contributed by atoms with Crippen molar-refractivity contribution in [2.45, 2.75) is 146 Å². The van der Waals surface area contributed by atoms with Crippen molar-refractivity contribution in [3.63, 3.8) is 0 Å². The number of likely N-dealkylation sites (N-methyl/N-ethyl adjacent to an activating group) is 1. The van der Waals surface area contributed by atoms with E-state index in [1.54, 1.807) is 6.92 Å². The Hall–Kier alpha value is -3.26. The van der Waals surface area contributed by atoms with E-state index in [0.29, 0.717) is 49.2 Å². The summed E-state index contributed by atoms with van der Waals surface area (Å²) >= 11 is 0. The van der Waals surface area contributed by atoms with E-state index in [-0.39, 0.29) is 11.0 Å². The number of methoxy groups -OCH3 is 1. The highest BCUT2D eigenvalue weighted by molar-refractivity contribution is 7.90. The number of hydrogen-bond acceptors (Lipinski definition) is 14. The Morgan fingerprint density at radius 3 is 2.40 bits per heavy atom. The number of ether oxygens (including phenoxy) is 5. The molecule has 3 aliphatic rings. The van der Waals surface area contributed by atoms with Gasteiger partial charge in [0.05, 0.1) is 34.9 Å². The van der Waals surface area contributed by atoms with E-state index >= 15 is 0 Å². The van der Waals surface area contributed by atoms with Gasteiger partial charge in [-0.25, -0.2) is 18.2 Å². The van der Waals surface area contributed by atoms with Crippen LogP contribution in [0.2, 0.25) is 0 Å². The number of aliphatic hydroxyl groups is 2. The molecule has 338 valence electrons. The Morgan fingerprint density at radius 2 is 1.83 bits per heavy atom. The van der Waals surface area contributed by atoms with Crippen molar-refractivity contribution < 1.29 is 61.7 Å². The second kappa shape index (κ2) is 20.3. The third kappa shape index (κ3) is 11.2. The van der Waals surface area contributed by atoms with E-state index in [4.69, 9.17) is 29.5 Å². The molecule has 15 nitrogen and oxygen atoms in total. The number of nitrogens with two attached hydrogens (primary N) is 2. The molecular formula is C43H68FN4O11S+. The zero-order chi connectivity index (χ0) is 44.9. The number of sulfone groups is 1. The number of halogens is 1. The Bertz CT molecular complexity index is 1880. The quantitative estimate of drug-likeness (QED) is 0.0743. The maximum atomic E-state index is 14.2. The highest BCUT2D eigenvalue weighted by Gasteiger charge is 2.50. The molecule has 0 amide bonds. The van der Waals surface area contributed by atoms with E-state index in [1.165, 1.54) is 49.9 Å². The van der Waals surface area contributed by atoms with Gasteiger partial charge in [0.15, 0.2) is 27.5 Å². The first-order valence-electron chi connectivity index (χ1n) is 20.6. The number of esters is 1. The Balaban J connectivity index is 1.54. The lowest BCUT2D eigenvalue weighted by Gasteiger charge is -2.46. The zero-order valence-electron chi connectivity index (χ0n) is 36.9. The fourth-order valence-electron chi connectivity index (χ4n) is 8.58. The molecule has 0 unspecified atom stereocenters. The number of fused-ring (bicyclic) bond motifs is 2. The summed E-state index contributed by atoms with van der Waals surface area (Å²) in [5.74, 6) is 3.52. The summed E-state index contributed by atoms with van der Waals surface area (Å²) in [5.41, 5.74) is 1.97. The first-order chi connectivity index (χ1) is 28.0. The molecule has 4 rings (SSSR count). The van der Waals surface area contributed by atoms with Crippen LogP contribution in [-0.4, -0.2) is 123 Å². The summed E-state index contributed by atoms with van der Waals surface area (Å²) in [7, 11) is -0.0482. The van der Waals surface area contributed by atoms with Gasteiger partial charge in [0.2, 0.25) is 0 Å². The van der Waals surface area contributed by atoms with Gasteiger partial charge in [0.25, 0.3) is 0 Å². The first-order valence-corrected chi connectivity index (χ1v) is 22.5. The molecule has 7 N–H and O–H groups in total. The molecule has 3 heterocycles. The van der Waals surface area contributed by atoms with Crippen molar-refractivity contribution in [3.8, 4) is 0 Å². The number of aliphatic hydroxyl groups excluding tert-OH is 2. The number of allylic oxidation sites excluding steroid dienone is 1. The molecule has 3 aliphatic heterocycles. The number of Topliss-reactive ketones (excluding diaryl/α,β-unsaturated/α-hetero) is 1. The minimum Gasteiger partial charge on any atom is -0.479 e. The average Bonchev–Trinajstić information content (AvgIpc) is 3.53. The lowest BCUT2D eigenvalue weighted by molar-refractivity contribution is -0.621. The van der Waals surface area contributed by atoms with Gasteiger partial charge in [-0.3, -0.25) is 14.5 Å². The number of benzene rings is 1. The molecule has 17 heteroatoms. The van der Waals surface area contributed by atoms with E-state index in [0.717, 1.165) is 17.4 Å². The van der Waals surface area contributed by atoms with Crippen molar-refractivity contribution in [1.29, 1.82) is 0 Å². The molecule has 1 fully saturated rings. The standard InChI is InChI=1S/C43H67FN4O11S/c1-12-34-42(7)20-24(2)38(59-42)25(3)21-43(8,55-10)39(27(5)35(49)28(6)40(52)57-34)58-41-37(51)33(19-26(4)56-41)48(9)18-17-30(47-45)23-46-32(22-44)36(50)29-13-15-31(16-14-29)60(11,53)54/h13-16,20,23,26-28,32-34,36-37,39,41,46-47,50-51H,12,17-19,21-22,45H2,1-11H3/p+1/b30-23-,38-25-/t26-,27+,28-,32-,33+,34-,36-,37-,39-,41+,42+,43-/m1/s1. The van der Waals surface area contributed by atoms with Gasteiger partial charge >= 0.3 is 5.97 Å². The van der Waals surface area contributed by atoms with Crippen LogP contribution < -0.4 is 16.6 Å². The lowest BCUT2D eigenvalue weighted by atomic mass is 9.79. The minimum absolute atomic E-state index is 0.0873.